The number of urea groups is 1. The first-order chi connectivity index (χ1) is 13.5. The molecule has 0 atom stereocenters. The zero-order valence-corrected chi connectivity index (χ0v) is 16.0. The number of anilines is 1. The summed E-state index contributed by atoms with van der Waals surface area (Å²) in [6.07, 6.45) is 0.555. The normalized spacial score (nSPS) is 13.1. The van der Waals surface area contributed by atoms with Gasteiger partial charge in [-0.15, -0.1) is 0 Å². The highest BCUT2D eigenvalue weighted by atomic mass is 16.2. The van der Waals surface area contributed by atoms with Crippen LogP contribution in [-0.4, -0.2) is 27.4 Å². The third kappa shape index (κ3) is 3.53. The molecule has 0 unspecified atom stereocenters. The average Bonchev–Trinajstić information content (AvgIpc) is 2.69. The third-order valence-electron chi connectivity index (χ3n) is 5.03. The lowest BCUT2D eigenvalue weighted by molar-refractivity contribution is 0.205. The first-order valence-electron chi connectivity index (χ1n) is 9.32. The van der Waals surface area contributed by atoms with Gasteiger partial charge in [0.05, 0.1) is 17.8 Å². The number of aromatic amines is 1. The molecule has 6 heteroatoms. The van der Waals surface area contributed by atoms with Gasteiger partial charge in [-0.3, -0.25) is 4.79 Å². The van der Waals surface area contributed by atoms with Crippen molar-refractivity contribution < 1.29 is 4.79 Å². The number of fused-ring (bicyclic) bond motifs is 1. The van der Waals surface area contributed by atoms with Crippen LogP contribution < -0.4 is 10.9 Å². The van der Waals surface area contributed by atoms with Crippen LogP contribution in [0, 0.1) is 13.8 Å². The SMILES string of the molecule is Cc1cccc(-c2nc3c(c(=O)[nH]2)CN(C(=O)Nc2ccccc2C)CC3)c1. The number of nitrogens with one attached hydrogen (secondary N) is 2. The first-order valence-corrected chi connectivity index (χ1v) is 9.32. The molecule has 0 spiro atoms. The number of nitrogens with zero attached hydrogens (tertiary/aromatic N) is 2. The highest BCUT2D eigenvalue weighted by Crippen LogP contribution is 2.21. The fourth-order valence-corrected chi connectivity index (χ4v) is 3.43. The predicted octanol–water partition coefficient (Wildman–Crippen LogP) is 3.64. The molecule has 2 aromatic carbocycles. The maximum Gasteiger partial charge on any atom is 0.322 e. The molecule has 1 aromatic heterocycles. The van der Waals surface area contributed by atoms with Crippen LogP contribution in [0.5, 0.6) is 0 Å². The van der Waals surface area contributed by atoms with Gasteiger partial charge in [0, 0.05) is 24.2 Å². The second-order valence-electron chi connectivity index (χ2n) is 7.13. The average molecular weight is 374 g/mol. The Morgan fingerprint density at radius 2 is 1.96 bits per heavy atom. The van der Waals surface area contributed by atoms with Gasteiger partial charge in [-0.1, -0.05) is 42.0 Å². The molecule has 0 fully saturated rings. The molecule has 2 N–H and O–H groups in total. The molecule has 142 valence electrons. The predicted molar refractivity (Wildman–Crippen MR) is 109 cm³/mol. The minimum Gasteiger partial charge on any atom is -0.320 e. The Bertz CT molecular complexity index is 1100. The Hall–Kier alpha value is -3.41. The van der Waals surface area contributed by atoms with E-state index in [1.807, 2.05) is 62.4 Å². The number of carbonyl (C=O) groups is 1. The van der Waals surface area contributed by atoms with Gasteiger partial charge < -0.3 is 15.2 Å². The number of rotatable bonds is 2. The fourth-order valence-electron chi connectivity index (χ4n) is 3.43. The van der Waals surface area contributed by atoms with E-state index in [-0.39, 0.29) is 18.1 Å². The number of H-pyrrole nitrogens is 1. The van der Waals surface area contributed by atoms with Gasteiger partial charge in [0.2, 0.25) is 0 Å². The van der Waals surface area contributed by atoms with E-state index >= 15 is 0 Å². The Labute approximate surface area is 163 Å². The zero-order valence-electron chi connectivity index (χ0n) is 16.0. The maximum atomic E-state index is 12.7. The molecule has 6 nitrogen and oxygen atoms in total. The van der Waals surface area contributed by atoms with Gasteiger partial charge in [-0.25, -0.2) is 9.78 Å². The molecule has 0 saturated carbocycles. The summed E-state index contributed by atoms with van der Waals surface area (Å²) in [5.74, 6) is 0.574. The number of aromatic nitrogens is 2. The van der Waals surface area contributed by atoms with Gasteiger partial charge in [-0.2, -0.15) is 0 Å². The Balaban J connectivity index is 1.57. The minimum atomic E-state index is -0.206. The minimum absolute atomic E-state index is 0.185. The molecule has 28 heavy (non-hydrogen) atoms. The summed E-state index contributed by atoms with van der Waals surface area (Å²) >= 11 is 0. The van der Waals surface area contributed by atoms with Crippen LogP contribution in [0.15, 0.2) is 53.3 Å². The number of para-hydroxylation sites is 1. The van der Waals surface area contributed by atoms with Gasteiger partial charge in [0.1, 0.15) is 5.82 Å². The van der Waals surface area contributed by atoms with Crippen molar-refractivity contribution in [2.45, 2.75) is 26.8 Å². The van der Waals surface area contributed by atoms with Crippen molar-refractivity contribution in [2.24, 2.45) is 0 Å². The van der Waals surface area contributed by atoms with E-state index < -0.39 is 0 Å². The van der Waals surface area contributed by atoms with Gasteiger partial charge in [-0.05, 0) is 31.5 Å². The molecule has 0 aliphatic carbocycles. The molecule has 2 heterocycles. The van der Waals surface area contributed by atoms with Crippen molar-refractivity contribution in [3.63, 3.8) is 0 Å². The summed E-state index contributed by atoms with van der Waals surface area (Å²) in [6.45, 7) is 4.73. The molecule has 0 bridgehead atoms. The molecule has 4 rings (SSSR count). The van der Waals surface area contributed by atoms with Crippen LogP contribution in [0.25, 0.3) is 11.4 Å². The molecule has 1 aliphatic rings. The Kier molecular flexibility index (Phi) is 4.69. The molecule has 1 aliphatic heterocycles. The number of aryl methyl sites for hydroxylation is 2. The third-order valence-corrected chi connectivity index (χ3v) is 5.03. The maximum absolute atomic E-state index is 12.7. The number of hydrogen-bond acceptors (Lipinski definition) is 3. The fraction of sp³-hybridized carbons (Fsp3) is 0.227. The standard InChI is InChI=1S/C22H22N4O2/c1-14-6-5-8-16(12-14)20-23-19-10-11-26(13-17(19)21(27)25-20)22(28)24-18-9-4-3-7-15(18)2/h3-9,12H,10-11,13H2,1-2H3,(H,24,28)(H,23,25,27). The van der Waals surface area contributed by atoms with Crippen molar-refractivity contribution in [3.8, 4) is 11.4 Å². The van der Waals surface area contributed by atoms with E-state index in [1.54, 1.807) is 4.90 Å². The van der Waals surface area contributed by atoms with Gasteiger partial charge in [0.25, 0.3) is 5.56 Å². The Morgan fingerprint density at radius 1 is 1.14 bits per heavy atom. The summed E-state index contributed by atoms with van der Waals surface area (Å²) in [4.78, 5) is 34.5. The lowest BCUT2D eigenvalue weighted by atomic mass is 10.1. The van der Waals surface area contributed by atoms with E-state index in [2.05, 4.69) is 15.3 Å². The zero-order chi connectivity index (χ0) is 19.7. The van der Waals surface area contributed by atoms with Crippen LogP contribution in [0.2, 0.25) is 0 Å². The lowest BCUT2D eigenvalue weighted by Gasteiger charge is -2.28. The van der Waals surface area contributed by atoms with Crippen molar-refractivity contribution in [1.82, 2.24) is 14.9 Å². The largest absolute Gasteiger partial charge is 0.322 e. The van der Waals surface area contributed by atoms with E-state index in [9.17, 15) is 9.59 Å². The first kappa shape index (κ1) is 18.0. The number of hydrogen-bond donors (Lipinski definition) is 2. The van der Waals surface area contributed by atoms with Crippen molar-refractivity contribution in [1.29, 1.82) is 0 Å². The summed E-state index contributed by atoms with van der Waals surface area (Å²) in [6, 6.07) is 15.3. The van der Waals surface area contributed by atoms with Gasteiger partial charge in [0.15, 0.2) is 0 Å². The summed E-state index contributed by atoms with van der Waals surface area (Å²) in [7, 11) is 0. The number of carbonyl (C=O) groups excluding carboxylic acids is 1. The van der Waals surface area contributed by atoms with Crippen LogP contribution in [0.4, 0.5) is 10.5 Å². The smallest absolute Gasteiger partial charge is 0.320 e. The van der Waals surface area contributed by atoms with Crippen molar-refractivity contribution >= 4 is 11.7 Å². The highest BCUT2D eigenvalue weighted by Gasteiger charge is 2.25. The number of amides is 2. The molecule has 0 radical (unpaired) electrons. The van der Waals surface area contributed by atoms with Crippen LogP contribution in [0.3, 0.4) is 0 Å². The molecular weight excluding hydrogens is 352 g/mol. The van der Waals surface area contributed by atoms with Crippen molar-refractivity contribution in [2.75, 3.05) is 11.9 Å². The van der Waals surface area contributed by atoms with Gasteiger partial charge >= 0.3 is 6.03 Å². The van der Waals surface area contributed by atoms with E-state index in [0.717, 1.165) is 28.1 Å². The summed E-state index contributed by atoms with van der Waals surface area (Å²) in [5.41, 5.74) is 4.91. The lowest BCUT2D eigenvalue weighted by Crippen LogP contribution is -2.41. The summed E-state index contributed by atoms with van der Waals surface area (Å²) in [5, 5.41) is 2.93. The van der Waals surface area contributed by atoms with E-state index in [0.29, 0.717) is 24.4 Å². The molecule has 3 aromatic rings. The molecular formula is C22H22N4O2. The monoisotopic (exact) mass is 374 g/mol. The summed E-state index contributed by atoms with van der Waals surface area (Å²) < 4.78 is 0. The second kappa shape index (κ2) is 7.31. The highest BCUT2D eigenvalue weighted by molar-refractivity contribution is 5.90. The van der Waals surface area contributed by atoms with E-state index in [1.165, 1.54) is 0 Å². The van der Waals surface area contributed by atoms with Crippen LogP contribution in [-0.2, 0) is 13.0 Å². The topological polar surface area (TPSA) is 78.1 Å². The molecule has 0 saturated heterocycles. The number of benzene rings is 2. The second-order valence-corrected chi connectivity index (χ2v) is 7.13. The van der Waals surface area contributed by atoms with Crippen molar-refractivity contribution in [3.05, 3.63) is 81.3 Å². The van der Waals surface area contributed by atoms with E-state index in [4.69, 9.17) is 0 Å². The quantitative estimate of drug-likeness (QED) is 0.719. The molecule has 2 amide bonds. The van der Waals surface area contributed by atoms with Crippen LogP contribution in [0.1, 0.15) is 22.4 Å². The van der Waals surface area contributed by atoms with Crippen LogP contribution >= 0.6 is 0 Å². The Morgan fingerprint density at radius 3 is 2.75 bits per heavy atom.